The summed E-state index contributed by atoms with van der Waals surface area (Å²) in [5.41, 5.74) is 3.28. The predicted molar refractivity (Wildman–Crippen MR) is 146 cm³/mol. The minimum Gasteiger partial charge on any atom is -0.451 e. The van der Waals surface area contributed by atoms with Gasteiger partial charge in [0.25, 0.3) is 5.91 Å². The highest BCUT2D eigenvalue weighted by atomic mass is 35.5. The van der Waals surface area contributed by atoms with Crippen molar-refractivity contribution in [2.45, 2.75) is 20.3 Å². The first kappa shape index (κ1) is 24.4. The molecular formula is C24H18Cl2N6O2S2. The molecule has 0 saturated heterocycles. The van der Waals surface area contributed by atoms with Crippen molar-refractivity contribution in [1.82, 2.24) is 25.1 Å². The van der Waals surface area contributed by atoms with E-state index in [4.69, 9.17) is 39.8 Å². The maximum absolute atomic E-state index is 12.7. The number of rotatable bonds is 5. The first-order valence-electron chi connectivity index (χ1n) is 10.8. The maximum atomic E-state index is 12.7. The zero-order valence-corrected chi connectivity index (χ0v) is 22.1. The Kier molecular flexibility index (Phi) is 6.76. The molecule has 0 bridgehead atoms. The highest BCUT2D eigenvalue weighted by molar-refractivity contribution is 7.80. The number of aromatic nitrogens is 4. The van der Waals surface area contributed by atoms with Gasteiger partial charge in [-0.25, -0.2) is 0 Å². The molecule has 0 fully saturated rings. The lowest BCUT2D eigenvalue weighted by atomic mass is 10.1. The van der Waals surface area contributed by atoms with Gasteiger partial charge in [-0.1, -0.05) is 41.5 Å². The third-order valence-electron chi connectivity index (χ3n) is 5.35. The lowest BCUT2D eigenvalue weighted by molar-refractivity contribution is 0.0951. The Morgan fingerprint density at radius 2 is 1.97 bits per heavy atom. The average molecular weight is 557 g/mol. The molecule has 0 unspecified atom stereocenters. The molecule has 12 heteroatoms. The van der Waals surface area contributed by atoms with Crippen LogP contribution in [0.5, 0.6) is 0 Å². The van der Waals surface area contributed by atoms with Crippen LogP contribution in [-0.4, -0.2) is 30.8 Å². The second-order valence-electron chi connectivity index (χ2n) is 7.80. The van der Waals surface area contributed by atoms with Crippen molar-refractivity contribution in [3.63, 3.8) is 0 Å². The normalized spacial score (nSPS) is 11.1. The molecule has 3 heterocycles. The number of amides is 1. The van der Waals surface area contributed by atoms with E-state index >= 15 is 0 Å². The first-order valence-corrected chi connectivity index (χ1v) is 12.8. The largest absolute Gasteiger partial charge is 0.451 e. The van der Waals surface area contributed by atoms with Gasteiger partial charge < -0.3 is 9.73 Å². The fraction of sp³-hybridized carbons (Fsp3) is 0.125. The molecule has 36 heavy (non-hydrogen) atoms. The van der Waals surface area contributed by atoms with E-state index in [0.29, 0.717) is 21.4 Å². The van der Waals surface area contributed by atoms with Crippen LogP contribution in [0.2, 0.25) is 10.0 Å². The zero-order valence-electron chi connectivity index (χ0n) is 19.0. The number of benzene rings is 2. The Morgan fingerprint density at radius 1 is 1.14 bits per heavy atom. The number of aryl methyl sites for hydroxylation is 2. The lowest BCUT2D eigenvalue weighted by Crippen LogP contribution is -2.34. The van der Waals surface area contributed by atoms with Gasteiger partial charge in [-0.05, 0) is 73.2 Å². The molecule has 8 nitrogen and oxygen atoms in total. The Balaban J connectivity index is 1.26. The second kappa shape index (κ2) is 9.98. The molecule has 2 aromatic carbocycles. The summed E-state index contributed by atoms with van der Waals surface area (Å²) >= 11 is 19.0. The van der Waals surface area contributed by atoms with Crippen molar-refractivity contribution in [2.24, 2.45) is 0 Å². The summed E-state index contributed by atoms with van der Waals surface area (Å²) in [5, 5.41) is 20.6. The molecule has 0 saturated carbocycles. The predicted octanol–water partition coefficient (Wildman–Crippen LogP) is 6.42. The van der Waals surface area contributed by atoms with Crippen LogP contribution in [0.15, 0.2) is 52.9 Å². The van der Waals surface area contributed by atoms with Gasteiger partial charge in [-0.15, -0.1) is 10.2 Å². The van der Waals surface area contributed by atoms with Crippen molar-refractivity contribution in [3.8, 4) is 21.9 Å². The van der Waals surface area contributed by atoms with Gasteiger partial charge in [-0.3, -0.25) is 10.1 Å². The summed E-state index contributed by atoms with van der Waals surface area (Å²) in [6, 6.07) is 14.1. The van der Waals surface area contributed by atoms with Crippen molar-refractivity contribution >= 4 is 68.4 Å². The first-order chi connectivity index (χ1) is 17.3. The molecule has 182 valence electrons. The number of hydrogen-bond acceptors (Lipinski definition) is 7. The summed E-state index contributed by atoms with van der Waals surface area (Å²) in [6.45, 7) is 3.96. The van der Waals surface area contributed by atoms with Crippen molar-refractivity contribution in [1.29, 1.82) is 0 Å². The van der Waals surface area contributed by atoms with Crippen molar-refractivity contribution < 1.29 is 9.21 Å². The number of anilines is 1. The topological polar surface area (TPSA) is 97.3 Å². The van der Waals surface area contributed by atoms with E-state index in [1.54, 1.807) is 34.8 Å². The Bertz CT molecular complexity index is 1620. The van der Waals surface area contributed by atoms with Crippen LogP contribution in [0.1, 0.15) is 28.9 Å². The molecule has 3 aromatic heterocycles. The van der Waals surface area contributed by atoms with Gasteiger partial charge >= 0.3 is 0 Å². The van der Waals surface area contributed by atoms with Crippen LogP contribution >= 0.6 is 46.8 Å². The highest BCUT2D eigenvalue weighted by Crippen LogP contribution is 2.32. The summed E-state index contributed by atoms with van der Waals surface area (Å²) in [6.07, 6.45) is 0.754. The number of thiocarbonyl (C=S) groups is 1. The van der Waals surface area contributed by atoms with E-state index in [0.717, 1.165) is 39.0 Å². The molecule has 0 atom stereocenters. The molecule has 2 N–H and O–H groups in total. The van der Waals surface area contributed by atoms with Crippen LogP contribution in [0, 0.1) is 6.92 Å². The van der Waals surface area contributed by atoms with E-state index in [2.05, 4.69) is 25.9 Å². The van der Waals surface area contributed by atoms with Gasteiger partial charge in [0.05, 0.1) is 5.02 Å². The molecule has 0 radical (unpaired) electrons. The minimum absolute atomic E-state index is 0.0990. The number of halogens is 2. The van der Waals surface area contributed by atoms with Crippen molar-refractivity contribution in [3.05, 3.63) is 75.7 Å². The number of furan rings is 1. The smallest absolute Gasteiger partial charge is 0.293 e. The van der Waals surface area contributed by atoms with Crippen molar-refractivity contribution in [2.75, 3.05) is 5.32 Å². The lowest BCUT2D eigenvalue weighted by Gasteiger charge is -2.12. The van der Waals surface area contributed by atoms with E-state index in [9.17, 15) is 4.79 Å². The quantitative estimate of drug-likeness (QED) is 0.241. The third-order valence-corrected chi connectivity index (χ3v) is 7.05. The molecule has 0 aliphatic carbocycles. The van der Waals surface area contributed by atoms with Crippen LogP contribution < -0.4 is 10.6 Å². The van der Waals surface area contributed by atoms with Gasteiger partial charge in [0, 0.05) is 28.3 Å². The zero-order chi connectivity index (χ0) is 25.4. The van der Waals surface area contributed by atoms with Gasteiger partial charge in [0.15, 0.2) is 16.7 Å². The number of nitrogens with one attached hydrogen (secondary N) is 2. The Labute approximate surface area is 225 Å². The van der Waals surface area contributed by atoms with Crippen LogP contribution in [0.25, 0.3) is 26.9 Å². The van der Waals surface area contributed by atoms with Gasteiger partial charge in [0.1, 0.15) is 10.8 Å². The van der Waals surface area contributed by atoms with Crippen LogP contribution in [0.3, 0.4) is 0 Å². The monoisotopic (exact) mass is 556 g/mol. The third kappa shape index (κ3) is 4.85. The summed E-state index contributed by atoms with van der Waals surface area (Å²) in [4.78, 5) is 13.4. The number of carbonyl (C=O) groups is 1. The van der Waals surface area contributed by atoms with E-state index in [1.165, 1.54) is 11.3 Å². The number of hydrogen-bond donors (Lipinski definition) is 2. The Morgan fingerprint density at radius 3 is 2.72 bits per heavy atom. The second-order valence-corrected chi connectivity index (χ2v) is 10.0. The van der Waals surface area contributed by atoms with Crippen LogP contribution in [0.4, 0.5) is 5.69 Å². The highest BCUT2D eigenvalue weighted by Gasteiger charge is 2.17. The molecule has 5 rings (SSSR count). The standard InChI is InChI=1S/C24H18Cl2N6O2S2/c1-3-20-29-30-24-32(20)31-22(36-24)13-4-7-17(12(2)10-13)27-23(35)28-21(33)19-9-8-18(34-19)15-6-5-14(25)11-16(15)26/h4-11H,3H2,1-2H3,(H2,27,28,33,35). The summed E-state index contributed by atoms with van der Waals surface area (Å²) in [7, 11) is 0. The number of nitrogens with zero attached hydrogens (tertiary/aromatic N) is 4. The molecule has 1 amide bonds. The van der Waals surface area contributed by atoms with Gasteiger partial charge in [-0.2, -0.15) is 9.61 Å². The maximum Gasteiger partial charge on any atom is 0.293 e. The van der Waals surface area contributed by atoms with E-state index in [1.807, 2.05) is 32.0 Å². The average Bonchev–Trinajstić information content (AvgIpc) is 3.56. The summed E-state index contributed by atoms with van der Waals surface area (Å²) in [5.74, 6) is 0.888. The van der Waals surface area contributed by atoms with Gasteiger partial charge in [0.2, 0.25) is 4.96 Å². The fourth-order valence-corrected chi connectivity index (χ4v) is 5.10. The molecule has 0 spiro atoms. The molecular weight excluding hydrogens is 539 g/mol. The molecule has 0 aliphatic heterocycles. The molecule has 0 aliphatic rings. The number of carbonyl (C=O) groups excluding carboxylic acids is 1. The van der Waals surface area contributed by atoms with E-state index in [-0.39, 0.29) is 10.9 Å². The van der Waals surface area contributed by atoms with Crippen LogP contribution in [-0.2, 0) is 6.42 Å². The summed E-state index contributed by atoms with van der Waals surface area (Å²) < 4.78 is 7.45. The molecule has 5 aromatic rings. The SMILES string of the molecule is CCc1nnc2sc(-c3ccc(NC(=S)NC(=O)c4ccc(-c5ccc(Cl)cc5Cl)o4)c(C)c3)nn12. The number of fused-ring (bicyclic) bond motifs is 1. The minimum atomic E-state index is -0.482. The van der Waals surface area contributed by atoms with E-state index < -0.39 is 5.91 Å². The fourth-order valence-electron chi connectivity index (χ4n) is 3.54. The Hall–Kier alpha value is -3.31.